The molecule has 12 nitrogen and oxygen atoms in total. The van der Waals surface area contributed by atoms with Crippen LogP contribution in [0, 0.1) is 6.92 Å². The van der Waals surface area contributed by atoms with Crippen LogP contribution in [-0.4, -0.2) is 93.5 Å². The Hall–Kier alpha value is -3.49. The summed E-state index contributed by atoms with van der Waals surface area (Å²) in [5.41, 5.74) is 3.46. The number of nitrogens with one attached hydrogen (secondary N) is 4. The molecule has 0 atom stereocenters. The highest BCUT2D eigenvalue weighted by molar-refractivity contribution is 7.92. The molecule has 0 saturated carbocycles. The van der Waals surface area contributed by atoms with Gasteiger partial charge in [-0.05, 0) is 109 Å². The second kappa shape index (κ2) is 28.0. The largest absolute Gasteiger partial charge is 0.489 e. The van der Waals surface area contributed by atoms with E-state index in [4.69, 9.17) is 21.1 Å². The summed E-state index contributed by atoms with van der Waals surface area (Å²) >= 11 is 6.48. The number of ether oxygens (including phenoxy) is 2. The topological polar surface area (TPSA) is 147 Å². The summed E-state index contributed by atoms with van der Waals surface area (Å²) in [4.78, 5) is 23.8. The molecule has 14 heteroatoms. The van der Waals surface area contributed by atoms with E-state index in [1.165, 1.54) is 18.2 Å². The number of benzene rings is 2. The molecule has 0 radical (unpaired) electrons. The van der Waals surface area contributed by atoms with E-state index >= 15 is 0 Å². The molecular formula is C43H72ClN7O5S. The zero-order chi connectivity index (χ0) is 43.0. The normalized spacial score (nSPS) is 13.0. The summed E-state index contributed by atoms with van der Waals surface area (Å²) in [6.45, 7) is 26.6. The molecule has 3 aromatic rings. The number of hydrogen-bond acceptors (Lipinski definition) is 11. The van der Waals surface area contributed by atoms with Gasteiger partial charge in [-0.3, -0.25) is 4.79 Å². The summed E-state index contributed by atoms with van der Waals surface area (Å²) in [6, 6.07) is 10.9. The van der Waals surface area contributed by atoms with E-state index < -0.39 is 15.1 Å². The Morgan fingerprint density at radius 1 is 0.965 bits per heavy atom. The molecule has 1 amide bonds. The molecule has 57 heavy (non-hydrogen) atoms. The first-order chi connectivity index (χ1) is 27.3. The molecule has 0 aliphatic carbocycles. The van der Waals surface area contributed by atoms with Crippen LogP contribution in [0.4, 0.5) is 23.1 Å². The van der Waals surface area contributed by atoms with Gasteiger partial charge in [0.05, 0.1) is 47.0 Å². The number of para-hydroxylation sites is 1. The predicted molar refractivity (Wildman–Crippen MR) is 239 cm³/mol. The Labute approximate surface area is 349 Å². The maximum Gasteiger partial charge on any atom is 0.229 e. The number of piperidine rings is 1. The number of amides is 1. The van der Waals surface area contributed by atoms with Crippen LogP contribution in [0.3, 0.4) is 0 Å². The molecule has 0 bridgehead atoms. The quantitative estimate of drug-likeness (QED) is 0.0910. The van der Waals surface area contributed by atoms with Gasteiger partial charge in [-0.15, -0.1) is 0 Å². The molecule has 1 aliphatic rings. The van der Waals surface area contributed by atoms with Gasteiger partial charge in [0.15, 0.2) is 15.7 Å². The number of nitrogens with zero attached hydrogens (tertiary/aromatic N) is 3. The van der Waals surface area contributed by atoms with E-state index in [9.17, 15) is 13.2 Å². The number of aromatic nitrogens is 2. The van der Waals surface area contributed by atoms with E-state index in [-0.39, 0.29) is 33.7 Å². The molecule has 4 N–H and O–H groups in total. The fourth-order valence-electron chi connectivity index (χ4n) is 5.78. The Morgan fingerprint density at radius 3 is 2.21 bits per heavy atom. The van der Waals surface area contributed by atoms with E-state index in [1.807, 2.05) is 48.6 Å². The SMILES string of the molecule is CC.CC.CCC.CNCCOCCNC(=O)CCN1CCC(c2cc(OC(C)C)c(Nc3ncc(Cl)c(Nc4ccccc4S(=O)(=O)C(C)C)n3)cc2C)CC1. The number of likely N-dealkylation sites (tertiary alicyclic amines) is 1. The van der Waals surface area contributed by atoms with Gasteiger partial charge in [-0.2, -0.15) is 4.98 Å². The van der Waals surface area contributed by atoms with E-state index in [2.05, 4.69) is 69.0 Å². The van der Waals surface area contributed by atoms with Crippen molar-refractivity contribution in [2.75, 3.05) is 63.6 Å². The van der Waals surface area contributed by atoms with Crippen molar-refractivity contribution in [2.24, 2.45) is 0 Å². The lowest BCUT2D eigenvalue weighted by Gasteiger charge is -2.33. The van der Waals surface area contributed by atoms with Gasteiger partial charge >= 0.3 is 0 Å². The summed E-state index contributed by atoms with van der Waals surface area (Å²) in [5.74, 6) is 1.66. The first-order valence-corrected chi connectivity index (χ1v) is 22.6. The fraction of sp³-hybridized carbons (Fsp3) is 0.605. The third-order valence-electron chi connectivity index (χ3n) is 8.54. The molecule has 1 saturated heterocycles. The van der Waals surface area contributed by atoms with Crippen LogP contribution < -0.4 is 26.0 Å². The summed E-state index contributed by atoms with van der Waals surface area (Å²) < 4.78 is 37.8. The highest BCUT2D eigenvalue weighted by atomic mass is 35.5. The molecule has 322 valence electrons. The van der Waals surface area contributed by atoms with Crippen molar-refractivity contribution < 1.29 is 22.7 Å². The van der Waals surface area contributed by atoms with Gasteiger partial charge < -0.3 is 35.6 Å². The lowest BCUT2D eigenvalue weighted by atomic mass is 9.86. The van der Waals surface area contributed by atoms with Gasteiger partial charge in [0, 0.05) is 26.1 Å². The second-order valence-corrected chi connectivity index (χ2v) is 16.6. The number of sulfone groups is 1. The lowest BCUT2D eigenvalue weighted by molar-refractivity contribution is -0.121. The van der Waals surface area contributed by atoms with Gasteiger partial charge in [-0.1, -0.05) is 71.7 Å². The van der Waals surface area contributed by atoms with Crippen LogP contribution in [0.1, 0.15) is 112 Å². The number of carbonyl (C=O) groups is 1. The van der Waals surface area contributed by atoms with Crippen molar-refractivity contribution in [3.8, 4) is 5.75 Å². The van der Waals surface area contributed by atoms with Crippen molar-refractivity contribution in [3.05, 3.63) is 58.7 Å². The van der Waals surface area contributed by atoms with E-state index in [1.54, 1.807) is 38.1 Å². The van der Waals surface area contributed by atoms with Gasteiger partial charge in [0.1, 0.15) is 10.8 Å². The summed E-state index contributed by atoms with van der Waals surface area (Å²) in [7, 11) is -1.68. The molecule has 2 heterocycles. The van der Waals surface area contributed by atoms with Crippen molar-refractivity contribution in [3.63, 3.8) is 0 Å². The third-order valence-corrected chi connectivity index (χ3v) is 11.0. The molecule has 0 unspecified atom stereocenters. The second-order valence-electron chi connectivity index (χ2n) is 13.7. The highest BCUT2D eigenvalue weighted by Gasteiger charge is 2.25. The Kier molecular flexibility index (Phi) is 25.3. The van der Waals surface area contributed by atoms with Crippen LogP contribution in [-0.2, 0) is 19.4 Å². The molecule has 1 aliphatic heterocycles. The van der Waals surface area contributed by atoms with Crippen molar-refractivity contribution in [1.82, 2.24) is 25.5 Å². The smallest absolute Gasteiger partial charge is 0.229 e. The van der Waals surface area contributed by atoms with Crippen LogP contribution in [0.25, 0.3) is 0 Å². The van der Waals surface area contributed by atoms with Crippen LogP contribution in [0.15, 0.2) is 47.5 Å². The minimum atomic E-state index is -3.56. The van der Waals surface area contributed by atoms with Crippen molar-refractivity contribution in [2.45, 2.75) is 124 Å². The number of hydrogen-bond donors (Lipinski definition) is 4. The number of anilines is 4. The average Bonchev–Trinajstić information content (AvgIpc) is 3.19. The van der Waals surface area contributed by atoms with Crippen molar-refractivity contribution in [1.29, 1.82) is 0 Å². The number of carbonyl (C=O) groups excluding carboxylic acids is 1. The van der Waals surface area contributed by atoms with Crippen LogP contribution in [0.2, 0.25) is 5.02 Å². The van der Waals surface area contributed by atoms with Crippen LogP contribution in [0.5, 0.6) is 5.75 Å². The molecule has 0 spiro atoms. The van der Waals surface area contributed by atoms with Crippen molar-refractivity contribution >= 4 is 50.5 Å². The summed E-state index contributed by atoms with van der Waals surface area (Å²) in [5, 5.41) is 12.0. The average molecular weight is 835 g/mol. The minimum absolute atomic E-state index is 0.0511. The fourth-order valence-corrected chi connectivity index (χ4v) is 7.12. The first kappa shape index (κ1) is 51.5. The number of aryl methyl sites for hydroxylation is 1. The minimum Gasteiger partial charge on any atom is -0.489 e. The van der Waals surface area contributed by atoms with Gasteiger partial charge in [0.2, 0.25) is 11.9 Å². The Balaban J connectivity index is 0.00000218. The maximum atomic E-state index is 13.0. The first-order valence-electron chi connectivity index (χ1n) is 20.7. The van der Waals surface area contributed by atoms with Gasteiger partial charge in [0.25, 0.3) is 0 Å². The summed E-state index contributed by atoms with van der Waals surface area (Å²) in [6.07, 6.45) is 5.10. The predicted octanol–water partition coefficient (Wildman–Crippen LogP) is 9.29. The maximum absolute atomic E-state index is 13.0. The van der Waals surface area contributed by atoms with E-state index in [0.717, 1.165) is 44.6 Å². The third kappa shape index (κ3) is 17.5. The van der Waals surface area contributed by atoms with Gasteiger partial charge in [-0.25, -0.2) is 13.4 Å². The molecular weight excluding hydrogens is 762 g/mol. The monoisotopic (exact) mass is 834 g/mol. The number of halogens is 1. The molecule has 1 fully saturated rings. The molecule has 1 aromatic heterocycles. The van der Waals surface area contributed by atoms with Crippen LogP contribution >= 0.6 is 11.6 Å². The standard InChI is InChI=1S/C36H52ClN7O5S.C3H8.2C2H6/c1-24(2)49-32-22-28(27-11-16-44(17-12-27)18-13-34(45)39-15-20-48-19-14-38-6)26(5)21-31(32)42-36-40-23-29(37)35(43-36)41-30-9-7-8-10-33(30)50(46,47)25(3)4;1-3-2;2*1-2/h7-10,21-25,27,38H,11-20H2,1-6H3,(H,39,45)(H2,40,41,42,43);3H2,1-2H3;2*1-2H3. The lowest BCUT2D eigenvalue weighted by Crippen LogP contribution is -2.37. The Bertz CT molecular complexity index is 1700. The molecule has 2 aromatic carbocycles. The molecule has 4 rings (SSSR count). The number of rotatable bonds is 18. The highest BCUT2D eigenvalue weighted by Crippen LogP contribution is 2.38. The zero-order valence-corrected chi connectivity index (χ0v) is 38.3. The number of likely N-dealkylation sites (N-methyl/N-ethyl adjacent to an activating group) is 1. The van der Waals surface area contributed by atoms with E-state index in [0.29, 0.717) is 49.2 Å². The Morgan fingerprint density at radius 2 is 1.60 bits per heavy atom. The zero-order valence-electron chi connectivity index (χ0n) is 36.7.